The summed E-state index contributed by atoms with van der Waals surface area (Å²) in [6.45, 7) is 7.59. The molecule has 5 rings (SSSR count). The van der Waals surface area contributed by atoms with Crippen molar-refractivity contribution in [3.8, 4) is 17.2 Å². The van der Waals surface area contributed by atoms with Gasteiger partial charge in [-0.25, -0.2) is 0 Å². The maximum atomic E-state index is 13.8. The predicted molar refractivity (Wildman–Crippen MR) is 195 cm³/mol. The topological polar surface area (TPSA) is 111 Å². The van der Waals surface area contributed by atoms with Crippen molar-refractivity contribution in [3.63, 3.8) is 0 Å². The minimum absolute atomic E-state index is 0.0609. The van der Waals surface area contributed by atoms with Crippen molar-refractivity contribution in [2.24, 2.45) is 0 Å². The number of ether oxygens (including phenoxy) is 3. The van der Waals surface area contributed by atoms with Crippen molar-refractivity contribution in [3.05, 3.63) is 94.0 Å². The molecule has 1 fully saturated rings. The third kappa shape index (κ3) is 8.95. The summed E-state index contributed by atoms with van der Waals surface area (Å²) in [5.41, 5.74) is 1.92. The highest BCUT2D eigenvalue weighted by Crippen LogP contribution is 2.46. The molecule has 3 aromatic carbocycles. The molecule has 0 radical (unpaired) electrons. The van der Waals surface area contributed by atoms with Crippen LogP contribution < -0.4 is 19.1 Å². The van der Waals surface area contributed by atoms with Crippen LogP contribution in [0.2, 0.25) is 5.02 Å². The number of carbonyl (C=O) groups is 2. The van der Waals surface area contributed by atoms with Gasteiger partial charge in [-0.3, -0.25) is 14.5 Å². The Kier molecular flexibility index (Phi) is 13.0. The number of unbranched alkanes of at least 4 members (excludes halogenated alkanes) is 3. The van der Waals surface area contributed by atoms with Crippen LogP contribution in [0.15, 0.2) is 76.6 Å². The SMILES string of the molecule is CCCCCOc1ccc(C2C(=C(O)c3ccc(OCCCC)cc3)C(=O)C(=O)N2c2nnc(SCc3ccc(Cl)cc3)s2)cc1OCC. The number of aromatic nitrogens is 2. The molecule has 0 spiro atoms. The number of halogens is 1. The molecular formula is C37H40ClN3O6S2. The summed E-state index contributed by atoms with van der Waals surface area (Å²) in [7, 11) is 0. The number of hydrogen-bond acceptors (Lipinski definition) is 10. The summed E-state index contributed by atoms with van der Waals surface area (Å²) < 4.78 is 18.4. The fourth-order valence-corrected chi connectivity index (χ4v) is 7.19. The lowest BCUT2D eigenvalue weighted by Gasteiger charge is -2.23. The number of nitrogens with zero attached hydrogens (tertiary/aromatic N) is 3. The lowest BCUT2D eigenvalue weighted by Crippen LogP contribution is -2.29. The van der Waals surface area contributed by atoms with Crippen molar-refractivity contribution in [2.75, 3.05) is 24.7 Å². The van der Waals surface area contributed by atoms with Gasteiger partial charge < -0.3 is 19.3 Å². The number of aliphatic hydroxyl groups is 1. The van der Waals surface area contributed by atoms with Crippen LogP contribution in [-0.2, 0) is 15.3 Å². The number of benzene rings is 3. The van der Waals surface area contributed by atoms with E-state index in [2.05, 4.69) is 24.0 Å². The first-order valence-electron chi connectivity index (χ1n) is 16.5. The Bertz CT molecular complexity index is 1760. The summed E-state index contributed by atoms with van der Waals surface area (Å²) in [5.74, 6) is 0.370. The van der Waals surface area contributed by atoms with E-state index in [9.17, 15) is 14.7 Å². The first-order valence-corrected chi connectivity index (χ1v) is 18.7. The fourth-order valence-electron chi connectivity index (χ4n) is 5.24. The molecule has 1 unspecified atom stereocenters. The quantitative estimate of drug-likeness (QED) is 0.0285. The molecule has 1 atom stereocenters. The normalized spacial score (nSPS) is 15.5. The lowest BCUT2D eigenvalue weighted by atomic mass is 9.95. The van der Waals surface area contributed by atoms with Gasteiger partial charge in [-0.05, 0) is 79.4 Å². The molecule has 49 heavy (non-hydrogen) atoms. The Labute approximate surface area is 300 Å². The fraction of sp³-hybridized carbons (Fsp3) is 0.351. The number of carbonyl (C=O) groups excluding carboxylic acids is 2. The molecule has 12 heteroatoms. The molecule has 0 saturated carbocycles. The van der Waals surface area contributed by atoms with Gasteiger partial charge in [0.05, 0.1) is 31.4 Å². The van der Waals surface area contributed by atoms with Crippen molar-refractivity contribution >= 4 is 57.3 Å². The minimum atomic E-state index is -1.00. The largest absolute Gasteiger partial charge is 0.507 e. The molecule has 0 bridgehead atoms. The van der Waals surface area contributed by atoms with Crippen molar-refractivity contribution in [2.45, 2.75) is 69.0 Å². The highest BCUT2D eigenvalue weighted by Gasteiger charge is 2.48. The Balaban J connectivity index is 1.52. The number of anilines is 1. The molecule has 2 heterocycles. The minimum Gasteiger partial charge on any atom is -0.507 e. The molecule has 9 nitrogen and oxygen atoms in total. The van der Waals surface area contributed by atoms with Gasteiger partial charge in [-0.15, -0.1) is 10.2 Å². The highest BCUT2D eigenvalue weighted by atomic mass is 35.5. The van der Waals surface area contributed by atoms with E-state index in [-0.39, 0.29) is 16.5 Å². The number of amides is 1. The molecule has 1 aliphatic rings. The predicted octanol–water partition coefficient (Wildman–Crippen LogP) is 9.26. The average Bonchev–Trinajstić information content (AvgIpc) is 3.68. The van der Waals surface area contributed by atoms with E-state index >= 15 is 0 Å². The molecule has 0 aliphatic carbocycles. The number of Topliss-reactive ketones (excluding diaryl/α,β-unsaturated/α-hetero) is 1. The zero-order chi connectivity index (χ0) is 34.8. The van der Waals surface area contributed by atoms with Crippen LogP contribution in [0.1, 0.15) is 75.6 Å². The van der Waals surface area contributed by atoms with Crippen molar-refractivity contribution < 1.29 is 28.9 Å². The van der Waals surface area contributed by atoms with E-state index in [4.69, 9.17) is 25.8 Å². The third-order valence-corrected chi connectivity index (χ3v) is 10.2. The van der Waals surface area contributed by atoms with Crippen molar-refractivity contribution in [1.82, 2.24) is 10.2 Å². The molecule has 1 amide bonds. The zero-order valence-corrected chi connectivity index (χ0v) is 30.2. The number of thioether (sulfide) groups is 1. The highest BCUT2D eigenvalue weighted by molar-refractivity contribution is 8.00. The maximum absolute atomic E-state index is 13.8. The van der Waals surface area contributed by atoms with Crippen LogP contribution in [0.3, 0.4) is 0 Å². The lowest BCUT2D eigenvalue weighted by molar-refractivity contribution is -0.132. The average molecular weight is 722 g/mol. The maximum Gasteiger partial charge on any atom is 0.301 e. The molecule has 258 valence electrons. The smallest absolute Gasteiger partial charge is 0.301 e. The first-order chi connectivity index (χ1) is 23.8. The summed E-state index contributed by atoms with van der Waals surface area (Å²) in [6.07, 6.45) is 4.95. The van der Waals surface area contributed by atoms with E-state index < -0.39 is 17.7 Å². The van der Waals surface area contributed by atoms with Crippen LogP contribution in [0.4, 0.5) is 5.13 Å². The summed E-state index contributed by atoms with van der Waals surface area (Å²) in [6, 6.07) is 18.7. The molecule has 1 aliphatic heterocycles. The van der Waals surface area contributed by atoms with E-state index in [1.807, 2.05) is 31.2 Å². The van der Waals surface area contributed by atoms with E-state index in [0.29, 0.717) is 63.3 Å². The van der Waals surface area contributed by atoms with Crippen molar-refractivity contribution in [1.29, 1.82) is 0 Å². The number of aliphatic hydroxyl groups excluding tert-OH is 1. The second-order valence-electron chi connectivity index (χ2n) is 11.4. The zero-order valence-electron chi connectivity index (χ0n) is 27.8. The Hall–Kier alpha value is -4.06. The van der Waals surface area contributed by atoms with E-state index in [1.165, 1.54) is 28.0 Å². The monoisotopic (exact) mass is 721 g/mol. The molecule has 1 saturated heterocycles. The number of hydrogen-bond donors (Lipinski definition) is 1. The Morgan fingerprint density at radius 2 is 1.61 bits per heavy atom. The molecule has 1 aromatic heterocycles. The Morgan fingerprint density at radius 3 is 2.33 bits per heavy atom. The molecular weight excluding hydrogens is 682 g/mol. The van der Waals surface area contributed by atoms with Crippen LogP contribution >= 0.6 is 34.7 Å². The van der Waals surface area contributed by atoms with Crippen LogP contribution in [-0.4, -0.2) is 46.8 Å². The standard InChI is InChI=1S/C37H40ClN3O6S2/c1-4-7-9-21-47-29-19-14-26(22-30(29)45-6-3)32-31(33(42)25-12-17-28(18-13-25)46-20-8-5-2)34(43)35(44)41(32)36-39-40-37(49-36)48-23-24-10-15-27(38)16-11-24/h10-19,22,32,42H,4-9,20-21,23H2,1-3H3. The van der Waals surface area contributed by atoms with Crippen LogP contribution in [0, 0.1) is 0 Å². The van der Waals surface area contributed by atoms with Gasteiger partial charge >= 0.3 is 5.91 Å². The molecule has 4 aromatic rings. The van der Waals surface area contributed by atoms with Gasteiger partial charge in [-0.2, -0.15) is 0 Å². The number of rotatable bonds is 17. The second-order valence-corrected chi connectivity index (χ2v) is 14.0. The summed E-state index contributed by atoms with van der Waals surface area (Å²) in [4.78, 5) is 28.9. The summed E-state index contributed by atoms with van der Waals surface area (Å²) in [5, 5.41) is 21.2. The van der Waals surface area contributed by atoms with Gasteiger partial charge in [0.25, 0.3) is 5.78 Å². The second kappa shape index (κ2) is 17.6. The van der Waals surface area contributed by atoms with Crippen LogP contribution in [0.25, 0.3) is 5.76 Å². The number of ketones is 1. The molecule has 1 N–H and O–H groups in total. The third-order valence-electron chi connectivity index (χ3n) is 7.81. The Morgan fingerprint density at radius 1 is 0.878 bits per heavy atom. The van der Waals surface area contributed by atoms with Gasteiger partial charge in [0.15, 0.2) is 15.8 Å². The van der Waals surface area contributed by atoms with Gasteiger partial charge in [0, 0.05) is 16.3 Å². The summed E-state index contributed by atoms with van der Waals surface area (Å²) >= 11 is 8.70. The van der Waals surface area contributed by atoms with Gasteiger partial charge in [-0.1, -0.05) is 86.0 Å². The van der Waals surface area contributed by atoms with E-state index in [1.54, 1.807) is 42.5 Å². The van der Waals surface area contributed by atoms with Gasteiger partial charge in [0.1, 0.15) is 11.5 Å². The van der Waals surface area contributed by atoms with Gasteiger partial charge in [0.2, 0.25) is 5.13 Å². The van der Waals surface area contributed by atoms with Crippen LogP contribution in [0.5, 0.6) is 17.2 Å². The van der Waals surface area contributed by atoms with E-state index in [0.717, 1.165) is 37.7 Å². The first kappa shape index (κ1) is 36.2.